The van der Waals surface area contributed by atoms with Crippen LogP contribution in [0.25, 0.3) is 0 Å². The number of hydrogen-bond donors (Lipinski definition) is 2. The quantitative estimate of drug-likeness (QED) is 0.817. The normalized spacial score (nSPS) is 10.9. The number of nitriles is 1. The number of sulfonamides is 1. The lowest BCUT2D eigenvalue weighted by atomic mass is 10.2. The summed E-state index contributed by atoms with van der Waals surface area (Å²) in [6.07, 6.45) is 0. The zero-order valence-electron chi connectivity index (χ0n) is 11.1. The van der Waals surface area contributed by atoms with E-state index in [1.54, 1.807) is 25.1 Å². The molecule has 0 saturated heterocycles. The molecule has 0 heterocycles. The molecule has 0 aromatic heterocycles. The fraction of sp³-hybridized carbons (Fsp3) is 0.0714. The van der Waals surface area contributed by atoms with Crippen LogP contribution in [0.3, 0.4) is 0 Å². The molecule has 0 aliphatic rings. The SMILES string of the molecule is Cc1cc(C#N)ccc1S(=O)(=O)Nc1ccc(N)c(Br)c1. The van der Waals surface area contributed by atoms with Crippen molar-refractivity contribution in [2.45, 2.75) is 11.8 Å². The standard InChI is InChI=1S/C14H12BrN3O2S/c1-9-6-10(8-16)2-5-14(9)21(19,20)18-11-3-4-13(17)12(15)7-11/h2-7,18H,17H2,1H3. The van der Waals surface area contributed by atoms with Crippen molar-refractivity contribution in [1.29, 1.82) is 5.26 Å². The largest absolute Gasteiger partial charge is 0.398 e. The number of rotatable bonds is 3. The van der Waals surface area contributed by atoms with Crippen molar-refractivity contribution in [2.75, 3.05) is 10.5 Å². The van der Waals surface area contributed by atoms with Crippen LogP contribution in [0.2, 0.25) is 0 Å². The molecule has 2 aromatic carbocycles. The Bertz CT molecular complexity index is 842. The second-order valence-corrected chi connectivity index (χ2v) is 6.94. The number of benzene rings is 2. The first-order valence-corrected chi connectivity index (χ1v) is 8.20. The van der Waals surface area contributed by atoms with Crippen LogP contribution in [0, 0.1) is 18.3 Å². The summed E-state index contributed by atoms with van der Waals surface area (Å²) in [5.41, 5.74) is 7.52. The molecule has 0 amide bonds. The van der Waals surface area contributed by atoms with Gasteiger partial charge in [-0.1, -0.05) is 0 Å². The molecule has 21 heavy (non-hydrogen) atoms. The Morgan fingerprint density at radius 1 is 1.24 bits per heavy atom. The predicted octanol–water partition coefficient (Wildman–Crippen LogP) is 3.01. The highest BCUT2D eigenvalue weighted by atomic mass is 79.9. The Balaban J connectivity index is 2.38. The van der Waals surface area contributed by atoms with E-state index in [4.69, 9.17) is 11.0 Å². The van der Waals surface area contributed by atoms with Crippen molar-refractivity contribution in [1.82, 2.24) is 0 Å². The smallest absolute Gasteiger partial charge is 0.262 e. The van der Waals surface area contributed by atoms with Crippen LogP contribution in [-0.4, -0.2) is 8.42 Å². The Morgan fingerprint density at radius 2 is 1.95 bits per heavy atom. The molecule has 0 spiro atoms. The van der Waals surface area contributed by atoms with Gasteiger partial charge in [0.25, 0.3) is 10.0 Å². The molecule has 2 rings (SSSR count). The van der Waals surface area contributed by atoms with Crippen molar-refractivity contribution in [3.63, 3.8) is 0 Å². The lowest BCUT2D eigenvalue weighted by Crippen LogP contribution is -2.14. The Labute approximate surface area is 131 Å². The average molecular weight is 366 g/mol. The van der Waals surface area contributed by atoms with Crippen LogP contribution in [-0.2, 0) is 10.0 Å². The van der Waals surface area contributed by atoms with Gasteiger partial charge < -0.3 is 5.73 Å². The first-order chi connectivity index (χ1) is 9.83. The number of halogens is 1. The molecule has 0 bridgehead atoms. The third kappa shape index (κ3) is 3.35. The molecule has 3 N–H and O–H groups in total. The maximum atomic E-state index is 12.4. The van der Waals surface area contributed by atoms with E-state index >= 15 is 0 Å². The van der Waals surface area contributed by atoms with E-state index in [9.17, 15) is 8.42 Å². The predicted molar refractivity (Wildman–Crippen MR) is 85.3 cm³/mol. The summed E-state index contributed by atoms with van der Waals surface area (Å²) in [4.78, 5) is 0.134. The number of nitrogens with one attached hydrogen (secondary N) is 1. The van der Waals surface area contributed by atoms with Crippen molar-refractivity contribution < 1.29 is 8.42 Å². The van der Waals surface area contributed by atoms with Gasteiger partial charge in [0.2, 0.25) is 0 Å². The van der Waals surface area contributed by atoms with Crippen molar-refractivity contribution in [2.24, 2.45) is 0 Å². The minimum atomic E-state index is -3.72. The molecule has 0 atom stereocenters. The first-order valence-electron chi connectivity index (χ1n) is 5.92. The van der Waals surface area contributed by atoms with Crippen LogP contribution in [0.1, 0.15) is 11.1 Å². The number of hydrogen-bond acceptors (Lipinski definition) is 4. The van der Waals surface area contributed by atoms with Gasteiger partial charge in [0.05, 0.1) is 22.2 Å². The molecule has 0 aliphatic heterocycles. The lowest BCUT2D eigenvalue weighted by molar-refractivity contribution is 0.600. The minimum Gasteiger partial charge on any atom is -0.398 e. The first kappa shape index (κ1) is 15.4. The van der Waals surface area contributed by atoms with E-state index in [0.29, 0.717) is 27.0 Å². The van der Waals surface area contributed by atoms with Crippen LogP contribution >= 0.6 is 15.9 Å². The molecule has 2 aromatic rings. The molecule has 7 heteroatoms. The Kier molecular flexibility index (Phi) is 4.21. The molecule has 0 aliphatic carbocycles. The number of nitrogens with two attached hydrogens (primary N) is 1. The van der Waals surface area contributed by atoms with E-state index in [-0.39, 0.29) is 4.90 Å². The number of anilines is 2. The van der Waals surface area contributed by atoms with Gasteiger partial charge in [0, 0.05) is 10.2 Å². The molecular weight excluding hydrogens is 354 g/mol. The maximum absolute atomic E-state index is 12.4. The second-order valence-electron chi connectivity index (χ2n) is 4.43. The Morgan fingerprint density at radius 3 is 2.52 bits per heavy atom. The monoisotopic (exact) mass is 365 g/mol. The van der Waals surface area contributed by atoms with E-state index < -0.39 is 10.0 Å². The number of nitrogens with zero attached hydrogens (tertiary/aromatic N) is 1. The number of aryl methyl sites for hydroxylation is 1. The van der Waals surface area contributed by atoms with Crippen LogP contribution in [0.4, 0.5) is 11.4 Å². The lowest BCUT2D eigenvalue weighted by Gasteiger charge is -2.11. The van der Waals surface area contributed by atoms with Crippen molar-refractivity contribution >= 4 is 37.3 Å². The van der Waals surface area contributed by atoms with E-state index in [1.807, 2.05) is 6.07 Å². The van der Waals surface area contributed by atoms with Gasteiger partial charge >= 0.3 is 0 Å². The van der Waals surface area contributed by atoms with Gasteiger partial charge in [0.1, 0.15) is 0 Å². The van der Waals surface area contributed by atoms with Crippen LogP contribution in [0.15, 0.2) is 45.8 Å². The minimum absolute atomic E-state index is 0.134. The van der Waals surface area contributed by atoms with Gasteiger partial charge in [-0.05, 0) is 64.8 Å². The van der Waals surface area contributed by atoms with Gasteiger partial charge in [-0.15, -0.1) is 0 Å². The molecule has 5 nitrogen and oxygen atoms in total. The van der Waals surface area contributed by atoms with Crippen molar-refractivity contribution in [3.8, 4) is 6.07 Å². The topological polar surface area (TPSA) is 96.0 Å². The van der Waals surface area contributed by atoms with E-state index in [0.717, 1.165) is 0 Å². The summed E-state index contributed by atoms with van der Waals surface area (Å²) >= 11 is 3.25. The van der Waals surface area contributed by atoms with Gasteiger partial charge in [0.15, 0.2) is 0 Å². The van der Waals surface area contributed by atoms with E-state index in [2.05, 4.69) is 20.7 Å². The molecule has 0 saturated carbocycles. The summed E-state index contributed by atoms with van der Waals surface area (Å²) in [6.45, 7) is 1.65. The molecule has 108 valence electrons. The highest BCUT2D eigenvalue weighted by Crippen LogP contribution is 2.26. The molecular formula is C14H12BrN3O2S. The highest BCUT2D eigenvalue weighted by molar-refractivity contribution is 9.10. The van der Waals surface area contributed by atoms with Gasteiger partial charge in [-0.3, -0.25) is 4.72 Å². The fourth-order valence-corrected chi connectivity index (χ4v) is 3.48. The third-order valence-electron chi connectivity index (χ3n) is 2.85. The molecule has 0 fully saturated rings. The maximum Gasteiger partial charge on any atom is 0.262 e. The zero-order valence-corrected chi connectivity index (χ0v) is 13.5. The van der Waals surface area contributed by atoms with E-state index in [1.165, 1.54) is 18.2 Å². The summed E-state index contributed by atoms with van der Waals surface area (Å²) in [7, 11) is -3.72. The molecule has 0 unspecified atom stereocenters. The van der Waals surface area contributed by atoms with Gasteiger partial charge in [-0.2, -0.15) is 5.26 Å². The zero-order chi connectivity index (χ0) is 15.6. The summed E-state index contributed by atoms with van der Waals surface area (Å²) < 4.78 is 27.9. The third-order valence-corrected chi connectivity index (χ3v) is 5.07. The van der Waals surface area contributed by atoms with Crippen molar-refractivity contribution in [3.05, 3.63) is 52.0 Å². The summed E-state index contributed by atoms with van der Waals surface area (Å²) in [5, 5.41) is 8.82. The fourth-order valence-electron chi connectivity index (χ4n) is 1.82. The average Bonchev–Trinajstić information content (AvgIpc) is 2.42. The Hall–Kier alpha value is -2.04. The molecule has 0 radical (unpaired) electrons. The number of nitrogen functional groups attached to an aromatic ring is 1. The summed E-state index contributed by atoms with van der Waals surface area (Å²) in [5.74, 6) is 0. The summed E-state index contributed by atoms with van der Waals surface area (Å²) in [6, 6.07) is 11.2. The second kappa shape index (κ2) is 5.76. The van der Waals surface area contributed by atoms with Crippen LogP contribution < -0.4 is 10.5 Å². The van der Waals surface area contributed by atoms with Gasteiger partial charge in [-0.25, -0.2) is 8.42 Å². The highest BCUT2D eigenvalue weighted by Gasteiger charge is 2.17. The van der Waals surface area contributed by atoms with Crippen LogP contribution in [0.5, 0.6) is 0 Å².